The molecule has 0 aliphatic heterocycles. The summed E-state index contributed by atoms with van der Waals surface area (Å²) in [5.41, 5.74) is 7.38. The first-order chi connectivity index (χ1) is 9.56. The lowest BCUT2D eigenvalue weighted by molar-refractivity contribution is 0.193. The molecule has 1 heterocycles. The number of rotatable bonds is 2. The molecule has 0 bridgehead atoms. The van der Waals surface area contributed by atoms with Crippen molar-refractivity contribution in [3.8, 4) is 0 Å². The van der Waals surface area contributed by atoms with E-state index in [0.29, 0.717) is 32.6 Å². The van der Waals surface area contributed by atoms with Crippen LogP contribution in [0.2, 0.25) is 10.0 Å². The average Bonchev–Trinajstić information content (AvgIpc) is 2.83. The number of hydrogen-bond donors (Lipinski definition) is 2. The maximum Gasteiger partial charge on any atom is 0.153 e. The van der Waals surface area contributed by atoms with E-state index in [1.54, 1.807) is 30.3 Å². The zero-order valence-corrected chi connectivity index (χ0v) is 11.8. The molecule has 0 fully saturated rings. The predicted octanol–water partition coefficient (Wildman–Crippen LogP) is 4.40. The number of furan rings is 1. The Morgan fingerprint density at radius 1 is 1.10 bits per heavy atom. The molecule has 0 amide bonds. The second-order valence-electron chi connectivity index (χ2n) is 4.48. The molecule has 1 atom stereocenters. The first-order valence-electron chi connectivity index (χ1n) is 5.97. The van der Waals surface area contributed by atoms with E-state index in [-0.39, 0.29) is 0 Å². The summed E-state index contributed by atoms with van der Waals surface area (Å²) in [6, 6.07) is 12.1. The van der Waals surface area contributed by atoms with Crippen LogP contribution in [0.5, 0.6) is 0 Å². The van der Waals surface area contributed by atoms with Crippen LogP contribution in [-0.4, -0.2) is 5.11 Å². The second-order valence-corrected chi connectivity index (χ2v) is 5.33. The van der Waals surface area contributed by atoms with Gasteiger partial charge in [-0.15, -0.1) is 0 Å². The highest BCUT2D eigenvalue weighted by Crippen LogP contribution is 2.34. The molecule has 3 nitrogen and oxygen atoms in total. The molecule has 0 radical (unpaired) electrons. The van der Waals surface area contributed by atoms with Gasteiger partial charge in [0.2, 0.25) is 0 Å². The minimum Gasteiger partial charge on any atom is -0.456 e. The molecule has 2 aromatic carbocycles. The monoisotopic (exact) mass is 307 g/mol. The minimum absolute atomic E-state index is 0.391. The molecule has 20 heavy (non-hydrogen) atoms. The van der Waals surface area contributed by atoms with Gasteiger partial charge in [0.05, 0.1) is 5.02 Å². The third-order valence-corrected chi connectivity index (χ3v) is 3.66. The highest BCUT2D eigenvalue weighted by Gasteiger charge is 2.19. The number of aliphatic hydroxyl groups excluding tert-OH is 1. The SMILES string of the molecule is Nc1cc(Cl)ccc1C(O)c1cc2cccc(Cl)c2o1. The van der Waals surface area contributed by atoms with Gasteiger partial charge in [0.15, 0.2) is 5.58 Å². The average molecular weight is 308 g/mol. The molecular weight excluding hydrogens is 297 g/mol. The van der Waals surface area contributed by atoms with E-state index in [9.17, 15) is 5.11 Å². The molecule has 1 aromatic heterocycles. The number of para-hydroxylation sites is 1. The molecule has 0 aliphatic carbocycles. The van der Waals surface area contributed by atoms with Gasteiger partial charge in [-0.25, -0.2) is 0 Å². The molecular formula is C15H11Cl2NO2. The van der Waals surface area contributed by atoms with Crippen molar-refractivity contribution in [3.05, 3.63) is 63.8 Å². The van der Waals surface area contributed by atoms with Crippen molar-refractivity contribution in [2.24, 2.45) is 0 Å². The Bertz CT molecular complexity index is 783. The number of halogens is 2. The van der Waals surface area contributed by atoms with Crippen molar-refractivity contribution >= 4 is 39.9 Å². The Balaban J connectivity index is 2.08. The quantitative estimate of drug-likeness (QED) is 0.690. The van der Waals surface area contributed by atoms with Crippen molar-refractivity contribution in [2.45, 2.75) is 6.10 Å². The largest absolute Gasteiger partial charge is 0.456 e. The third-order valence-electron chi connectivity index (χ3n) is 3.13. The number of aliphatic hydroxyl groups is 1. The van der Waals surface area contributed by atoms with Gasteiger partial charge in [-0.1, -0.05) is 41.4 Å². The Morgan fingerprint density at radius 3 is 2.60 bits per heavy atom. The topological polar surface area (TPSA) is 59.4 Å². The molecule has 3 aromatic rings. The third kappa shape index (κ3) is 2.24. The lowest BCUT2D eigenvalue weighted by Crippen LogP contribution is -2.02. The summed E-state index contributed by atoms with van der Waals surface area (Å²) in [5.74, 6) is 0.391. The van der Waals surface area contributed by atoms with Crippen molar-refractivity contribution in [3.63, 3.8) is 0 Å². The zero-order valence-electron chi connectivity index (χ0n) is 10.3. The van der Waals surface area contributed by atoms with Crippen molar-refractivity contribution in [1.29, 1.82) is 0 Å². The zero-order chi connectivity index (χ0) is 14.3. The van der Waals surface area contributed by atoms with E-state index in [4.69, 9.17) is 33.4 Å². The van der Waals surface area contributed by atoms with Crippen LogP contribution >= 0.6 is 23.2 Å². The number of nitrogen functional groups attached to an aromatic ring is 1. The molecule has 0 saturated heterocycles. The molecule has 102 valence electrons. The standard InChI is InChI=1S/C15H11Cl2NO2/c16-9-4-5-10(12(18)7-9)14(19)13-6-8-2-1-3-11(17)15(8)20-13/h1-7,14,19H,18H2. The minimum atomic E-state index is -0.962. The van der Waals surface area contributed by atoms with Gasteiger partial charge in [-0.05, 0) is 24.3 Å². The van der Waals surface area contributed by atoms with Crippen LogP contribution in [0.3, 0.4) is 0 Å². The Morgan fingerprint density at radius 2 is 1.90 bits per heavy atom. The van der Waals surface area contributed by atoms with Crippen LogP contribution in [0.1, 0.15) is 17.4 Å². The van der Waals surface area contributed by atoms with Crippen LogP contribution < -0.4 is 5.73 Å². The number of anilines is 1. The lowest BCUT2D eigenvalue weighted by Gasteiger charge is -2.11. The first kappa shape index (κ1) is 13.3. The van der Waals surface area contributed by atoms with E-state index in [1.165, 1.54) is 0 Å². The first-order valence-corrected chi connectivity index (χ1v) is 6.73. The Hall–Kier alpha value is -1.68. The number of nitrogens with two attached hydrogens (primary N) is 1. The van der Waals surface area contributed by atoms with Gasteiger partial charge in [-0.2, -0.15) is 0 Å². The summed E-state index contributed by atoms with van der Waals surface area (Å²) in [5, 5.41) is 12.3. The summed E-state index contributed by atoms with van der Waals surface area (Å²) in [7, 11) is 0. The molecule has 3 rings (SSSR count). The molecule has 1 unspecified atom stereocenters. The van der Waals surface area contributed by atoms with Crippen LogP contribution in [0, 0.1) is 0 Å². The summed E-state index contributed by atoms with van der Waals surface area (Å²) in [4.78, 5) is 0. The predicted molar refractivity (Wildman–Crippen MR) is 81.2 cm³/mol. The van der Waals surface area contributed by atoms with Crippen molar-refractivity contribution < 1.29 is 9.52 Å². The molecule has 0 aliphatic rings. The van der Waals surface area contributed by atoms with Gasteiger partial charge in [0.1, 0.15) is 11.9 Å². The Labute approximate surface area is 125 Å². The fourth-order valence-electron chi connectivity index (χ4n) is 2.13. The summed E-state index contributed by atoms with van der Waals surface area (Å²) >= 11 is 11.9. The molecule has 5 heteroatoms. The van der Waals surface area contributed by atoms with E-state index < -0.39 is 6.10 Å². The number of hydrogen-bond acceptors (Lipinski definition) is 3. The lowest BCUT2D eigenvalue weighted by atomic mass is 10.1. The van der Waals surface area contributed by atoms with Crippen LogP contribution in [0.15, 0.2) is 46.9 Å². The fourth-order valence-corrected chi connectivity index (χ4v) is 2.53. The van der Waals surface area contributed by atoms with Gasteiger partial charge in [0.25, 0.3) is 0 Å². The smallest absolute Gasteiger partial charge is 0.153 e. The highest BCUT2D eigenvalue weighted by atomic mass is 35.5. The summed E-state index contributed by atoms with van der Waals surface area (Å²) in [6.45, 7) is 0. The summed E-state index contributed by atoms with van der Waals surface area (Å²) in [6.07, 6.45) is -0.962. The van der Waals surface area contributed by atoms with Gasteiger partial charge in [0, 0.05) is 21.7 Å². The molecule has 0 saturated carbocycles. The van der Waals surface area contributed by atoms with E-state index in [2.05, 4.69) is 0 Å². The highest BCUT2D eigenvalue weighted by molar-refractivity contribution is 6.34. The van der Waals surface area contributed by atoms with Gasteiger partial charge in [-0.3, -0.25) is 0 Å². The second kappa shape index (κ2) is 5.02. The van der Waals surface area contributed by atoms with Crippen molar-refractivity contribution in [1.82, 2.24) is 0 Å². The maximum atomic E-state index is 10.4. The van der Waals surface area contributed by atoms with E-state index in [0.717, 1.165) is 5.39 Å². The van der Waals surface area contributed by atoms with Crippen LogP contribution in [-0.2, 0) is 0 Å². The summed E-state index contributed by atoms with van der Waals surface area (Å²) < 4.78 is 5.63. The fraction of sp³-hybridized carbons (Fsp3) is 0.0667. The normalized spacial score (nSPS) is 12.8. The number of fused-ring (bicyclic) bond motifs is 1. The van der Waals surface area contributed by atoms with Crippen LogP contribution in [0.4, 0.5) is 5.69 Å². The van der Waals surface area contributed by atoms with E-state index in [1.807, 2.05) is 12.1 Å². The maximum absolute atomic E-state index is 10.4. The number of benzene rings is 2. The van der Waals surface area contributed by atoms with Crippen LogP contribution in [0.25, 0.3) is 11.0 Å². The Kier molecular flexibility index (Phi) is 3.34. The molecule has 3 N–H and O–H groups in total. The molecule has 0 spiro atoms. The van der Waals surface area contributed by atoms with E-state index >= 15 is 0 Å². The van der Waals surface area contributed by atoms with Crippen molar-refractivity contribution in [2.75, 3.05) is 5.73 Å². The van der Waals surface area contributed by atoms with Gasteiger partial charge >= 0.3 is 0 Å². The van der Waals surface area contributed by atoms with Gasteiger partial charge < -0.3 is 15.3 Å².